The summed E-state index contributed by atoms with van der Waals surface area (Å²) in [5.41, 5.74) is 0.452. The summed E-state index contributed by atoms with van der Waals surface area (Å²) < 4.78 is 13.7. The van der Waals surface area contributed by atoms with Crippen molar-refractivity contribution < 1.29 is 4.39 Å². The van der Waals surface area contributed by atoms with Gasteiger partial charge in [-0.25, -0.2) is 9.37 Å². The van der Waals surface area contributed by atoms with E-state index in [1.165, 1.54) is 25.1 Å². The van der Waals surface area contributed by atoms with Gasteiger partial charge in [-0.1, -0.05) is 18.5 Å². The highest BCUT2D eigenvalue weighted by atomic mass is 35.5. The summed E-state index contributed by atoms with van der Waals surface area (Å²) >= 11 is 5.69. The second-order valence-corrected chi connectivity index (χ2v) is 5.39. The van der Waals surface area contributed by atoms with E-state index in [4.69, 9.17) is 11.6 Å². The van der Waals surface area contributed by atoms with Gasteiger partial charge in [0, 0.05) is 19.3 Å². The molecule has 2 fully saturated rings. The van der Waals surface area contributed by atoms with Crippen LogP contribution in [0.2, 0.25) is 5.02 Å². The number of nitrogens with zero attached hydrogens (tertiary/aromatic N) is 2. The Kier molecular flexibility index (Phi) is 2.15. The largest absolute Gasteiger partial charge is 0.353 e. The van der Waals surface area contributed by atoms with Gasteiger partial charge in [0.15, 0.2) is 11.6 Å². The molecule has 0 spiro atoms. The van der Waals surface area contributed by atoms with Crippen LogP contribution in [0.4, 0.5) is 10.2 Å². The van der Waals surface area contributed by atoms with Crippen LogP contribution < -0.4 is 4.90 Å². The smallest absolute Gasteiger partial charge is 0.167 e. The van der Waals surface area contributed by atoms with E-state index in [0.29, 0.717) is 16.3 Å². The van der Waals surface area contributed by atoms with Crippen molar-refractivity contribution in [3.63, 3.8) is 0 Å². The lowest BCUT2D eigenvalue weighted by molar-refractivity contribution is 0.506. The average Bonchev–Trinajstić information content (AvgIpc) is 2.81. The molecule has 2 unspecified atom stereocenters. The fraction of sp³-hybridized carbons (Fsp3) is 0.583. The number of halogens is 2. The third kappa shape index (κ3) is 1.41. The lowest BCUT2D eigenvalue weighted by atomic mass is 10.0. The Hall–Kier alpha value is -0.830. The van der Waals surface area contributed by atoms with Crippen LogP contribution in [0.1, 0.15) is 19.8 Å². The first-order valence-corrected chi connectivity index (χ1v) is 6.08. The zero-order valence-corrected chi connectivity index (χ0v) is 9.97. The minimum atomic E-state index is -0.306. The summed E-state index contributed by atoms with van der Waals surface area (Å²) in [5.74, 6) is 0.902. The van der Waals surface area contributed by atoms with Crippen LogP contribution >= 0.6 is 11.6 Å². The van der Waals surface area contributed by atoms with Crippen molar-refractivity contribution in [2.24, 2.45) is 11.3 Å². The Bertz CT molecular complexity index is 433. The predicted molar refractivity (Wildman–Crippen MR) is 62.2 cm³/mol. The Morgan fingerprint density at radius 1 is 1.69 bits per heavy atom. The van der Waals surface area contributed by atoms with Crippen LogP contribution in [0, 0.1) is 17.2 Å². The minimum Gasteiger partial charge on any atom is -0.353 e. The molecule has 2 atom stereocenters. The van der Waals surface area contributed by atoms with E-state index in [9.17, 15) is 4.39 Å². The monoisotopic (exact) mass is 240 g/mol. The predicted octanol–water partition coefficient (Wildman–Crippen LogP) is 3.11. The van der Waals surface area contributed by atoms with Crippen molar-refractivity contribution in [1.29, 1.82) is 0 Å². The molecule has 4 heteroatoms. The molecule has 2 heterocycles. The van der Waals surface area contributed by atoms with E-state index in [-0.39, 0.29) is 5.82 Å². The number of anilines is 1. The van der Waals surface area contributed by atoms with Crippen molar-refractivity contribution in [3.05, 3.63) is 23.1 Å². The van der Waals surface area contributed by atoms with Crippen LogP contribution in [-0.2, 0) is 0 Å². The van der Waals surface area contributed by atoms with Crippen LogP contribution in [-0.4, -0.2) is 18.1 Å². The number of piperidine rings is 1. The molecule has 1 saturated heterocycles. The van der Waals surface area contributed by atoms with E-state index >= 15 is 0 Å². The van der Waals surface area contributed by atoms with Gasteiger partial charge >= 0.3 is 0 Å². The van der Waals surface area contributed by atoms with Crippen molar-refractivity contribution in [2.75, 3.05) is 18.0 Å². The fourth-order valence-electron chi connectivity index (χ4n) is 2.94. The second kappa shape index (κ2) is 3.33. The fourth-order valence-corrected chi connectivity index (χ4v) is 3.09. The molecule has 0 bridgehead atoms. The van der Waals surface area contributed by atoms with Gasteiger partial charge in [-0.15, -0.1) is 0 Å². The molecule has 2 nitrogen and oxygen atoms in total. The van der Waals surface area contributed by atoms with E-state index in [1.54, 1.807) is 0 Å². The molecule has 0 amide bonds. The minimum absolute atomic E-state index is 0.306. The van der Waals surface area contributed by atoms with Crippen molar-refractivity contribution >= 4 is 17.4 Å². The quantitative estimate of drug-likeness (QED) is 0.790. The Morgan fingerprint density at radius 2 is 2.50 bits per heavy atom. The van der Waals surface area contributed by atoms with E-state index in [2.05, 4.69) is 16.8 Å². The first kappa shape index (κ1) is 10.3. The highest BCUT2D eigenvalue weighted by Gasteiger charge is 2.58. The Morgan fingerprint density at radius 3 is 3.12 bits per heavy atom. The average molecular weight is 241 g/mol. The molecule has 1 aliphatic heterocycles. The molecule has 1 saturated carbocycles. The lowest BCUT2D eigenvalue weighted by Gasteiger charge is -2.21. The van der Waals surface area contributed by atoms with Gasteiger partial charge < -0.3 is 4.90 Å². The zero-order valence-electron chi connectivity index (χ0n) is 9.21. The molecule has 1 aromatic heterocycles. The second-order valence-electron chi connectivity index (χ2n) is 4.96. The van der Waals surface area contributed by atoms with E-state index < -0.39 is 0 Å². The third-order valence-corrected chi connectivity index (χ3v) is 4.30. The number of rotatable bonds is 2. The molecule has 2 aliphatic rings. The molecule has 16 heavy (non-hydrogen) atoms. The molecule has 86 valence electrons. The Balaban J connectivity index is 1.85. The summed E-state index contributed by atoms with van der Waals surface area (Å²) in [4.78, 5) is 6.16. The van der Waals surface area contributed by atoms with Crippen LogP contribution in [0.15, 0.2) is 12.3 Å². The van der Waals surface area contributed by atoms with Gasteiger partial charge in [-0.3, -0.25) is 0 Å². The van der Waals surface area contributed by atoms with E-state index in [0.717, 1.165) is 19.0 Å². The van der Waals surface area contributed by atoms with Gasteiger partial charge in [0.2, 0.25) is 0 Å². The molecular formula is C12H14ClFN2. The van der Waals surface area contributed by atoms with Crippen LogP contribution in [0.5, 0.6) is 0 Å². The topological polar surface area (TPSA) is 16.1 Å². The number of aromatic nitrogens is 1. The number of pyridine rings is 1. The molecule has 0 aromatic carbocycles. The first-order chi connectivity index (χ1) is 7.64. The van der Waals surface area contributed by atoms with Gasteiger partial charge in [-0.05, 0) is 30.2 Å². The van der Waals surface area contributed by atoms with Crippen LogP contribution in [0.25, 0.3) is 0 Å². The number of hydrogen-bond donors (Lipinski definition) is 0. The molecule has 1 aromatic rings. The highest BCUT2D eigenvalue weighted by molar-refractivity contribution is 6.30. The van der Waals surface area contributed by atoms with Gasteiger partial charge in [0.1, 0.15) is 0 Å². The molecular weight excluding hydrogens is 227 g/mol. The van der Waals surface area contributed by atoms with Gasteiger partial charge in [-0.2, -0.15) is 0 Å². The standard InChI is InChI=1S/C12H14ClFN2/c1-2-12-4-8(12)6-16(7-12)11-10(14)3-9(13)5-15-11/h3,5,8H,2,4,6-7H2,1H3. The Labute approximate surface area is 99.4 Å². The molecule has 3 rings (SSSR count). The summed E-state index contributed by atoms with van der Waals surface area (Å²) in [5, 5.41) is 0.357. The highest BCUT2D eigenvalue weighted by Crippen LogP contribution is 2.60. The molecule has 1 aliphatic carbocycles. The normalized spacial score (nSPS) is 31.7. The van der Waals surface area contributed by atoms with Gasteiger partial charge in [0.05, 0.1) is 5.02 Å². The van der Waals surface area contributed by atoms with Gasteiger partial charge in [0.25, 0.3) is 0 Å². The maximum absolute atomic E-state index is 13.7. The zero-order chi connectivity index (χ0) is 11.3. The SMILES string of the molecule is CCC12CC1CN(c1ncc(Cl)cc1F)C2. The maximum atomic E-state index is 13.7. The summed E-state index contributed by atoms with van der Waals surface area (Å²) in [6, 6.07) is 1.34. The van der Waals surface area contributed by atoms with Crippen molar-refractivity contribution in [2.45, 2.75) is 19.8 Å². The summed E-state index contributed by atoms with van der Waals surface area (Å²) in [6.07, 6.45) is 4.00. The summed E-state index contributed by atoms with van der Waals surface area (Å²) in [6.45, 7) is 4.11. The van der Waals surface area contributed by atoms with Crippen molar-refractivity contribution in [3.8, 4) is 0 Å². The summed E-state index contributed by atoms with van der Waals surface area (Å²) in [7, 11) is 0. The van der Waals surface area contributed by atoms with E-state index in [1.807, 2.05) is 0 Å². The molecule has 0 N–H and O–H groups in total. The number of hydrogen-bond acceptors (Lipinski definition) is 2. The molecule has 0 radical (unpaired) electrons. The third-order valence-electron chi connectivity index (χ3n) is 4.10. The maximum Gasteiger partial charge on any atom is 0.167 e. The van der Waals surface area contributed by atoms with Crippen LogP contribution in [0.3, 0.4) is 0 Å². The van der Waals surface area contributed by atoms with Crippen molar-refractivity contribution in [1.82, 2.24) is 4.98 Å². The lowest BCUT2D eigenvalue weighted by Crippen LogP contribution is -2.26. The first-order valence-electron chi connectivity index (χ1n) is 5.70. The number of fused-ring (bicyclic) bond motifs is 1.